The standard InChI is InChI=1S/C15H13NO3S/c17-14(16-11-6-2-1-3-7-11)10-20-13-9-5-4-8-12(13)15(18)19/h1-9H,10H2,(H,16,17)(H,18,19)/p-1. The molecule has 2 aromatic rings. The van der Waals surface area contributed by atoms with Crippen LogP contribution in [0.25, 0.3) is 0 Å². The van der Waals surface area contributed by atoms with Gasteiger partial charge < -0.3 is 15.2 Å². The van der Waals surface area contributed by atoms with Crippen molar-refractivity contribution in [2.75, 3.05) is 11.1 Å². The average molecular weight is 286 g/mol. The third kappa shape index (κ3) is 3.86. The van der Waals surface area contributed by atoms with Crippen molar-refractivity contribution in [3.8, 4) is 0 Å². The molecular formula is C15H12NO3S-. The number of para-hydroxylation sites is 1. The van der Waals surface area contributed by atoms with E-state index in [0.29, 0.717) is 10.6 Å². The number of nitrogens with one attached hydrogen (secondary N) is 1. The van der Waals surface area contributed by atoms with Crippen LogP contribution in [0, 0.1) is 0 Å². The van der Waals surface area contributed by atoms with E-state index in [-0.39, 0.29) is 17.2 Å². The number of amides is 1. The van der Waals surface area contributed by atoms with E-state index in [4.69, 9.17) is 0 Å². The topological polar surface area (TPSA) is 69.2 Å². The van der Waals surface area contributed by atoms with E-state index < -0.39 is 5.97 Å². The lowest BCUT2D eigenvalue weighted by Crippen LogP contribution is -2.23. The fourth-order valence-electron chi connectivity index (χ4n) is 1.62. The number of benzene rings is 2. The number of aromatic carboxylic acids is 1. The molecule has 1 amide bonds. The fraction of sp³-hybridized carbons (Fsp3) is 0.0667. The number of hydrogen-bond donors (Lipinski definition) is 1. The number of carboxylic acids is 1. The van der Waals surface area contributed by atoms with E-state index in [9.17, 15) is 14.7 Å². The number of anilines is 1. The molecule has 20 heavy (non-hydrogen) atoms. The Kier molecular flexibility index (Phi) is 4.79. The third-order valence-corrected chi connectivity index (χ3v) is 3.60. The van der Waals surface area contributed by atoms with Crippen molar-refractivity contribution in [3.05, 3.63) is 60.2 Å². The summed E-state index contributed by atoms with van der Waals surface area (Å²) in [5, 5.41) is 13.7. The van der Waals surface area contributed by atoms with Crippen molar-refractivity contribution >= 4 is 29.3 Å². The number of hydrogen-bond acceptors (Lipinski definition) is 4. The number of rotatable bonds is 5. The molecule has 1 N–H and O–H groups in total. The molecule has 0 aliphatic heterocycles. The van der Waals surface area contributed by atoms with E-state index in [1.54, 1.807) is 30.3 Å². The van der Waals surface area contributed by atoms with Gasteiger partial charge in [-0.05, 0) is 18.2 Å². The summed E-state index contributed by atoms with van der Waals surface area (Å²) in [5.41, 5.74) is 0.816. The molecule has 2 rings (SSSR count). The van der Waals surface area contributed by atoms with Crippen LogP contribution in [0.2, 0.25) is 0 Å². The number of carbonyl (C=O) groups excluding carboxylic acids is 2. The van der Waals surface area contributed by atoms with Gasteiger partial charge in [0.2, 0.25) is 5.91 Å². The normalized spacial score (nSPS) is 10.0. The highest BCUT2D eigenvalue weighted by Crippen LogP contribution is 2.22. The van der Waals surface area contributed by atoms with Gasteiger partial charge in [-0.2, -0.15) is 0 Å². The van der Waals surface area contributed by atoms with Crippen LogP contribution in [0.3, 0.4) is 0 Å². The summed E-state index contributed by atoms with van der Waals surface area (Å²) in [6.07, 6.45) is 0. The van der Waals surface area contributed by atoms with Crippen LogP contribution < -0.4 is 10.4 Å². The summed E-state index contributed by atoms with van der Waals surface area (Å²) >= 11 is 1.17. The first-order valence-corrected chi connectivity index (χ1v) is 6.93. The highest BCUT2D eigenvalue weighted by Gasteiger charge is 2.07. The lowest BCUT2D eigenvalue weighted by molar-refractivity contribution is -0.255. The largest absolute Gasteiger partial charge is 0.545 e. The molecule has 0 atom stereocenters. The molecule has 0 aromatic heterocycles. The van der Waals surface area contributed by atoms with Gasteiger partial charge in [0.05, 0.1) is 11.7 Å². The number of thioether (sulfide) groups is 1. The van der Waals surface area contributed by atoms with Crippen molar-refractivity contribution in [2.45, 2.75) is 4.90 Å². The van der Waals surface area contributed by atoms with E-state index in [1.807, 2.05) is 18.2 Å². The number of carbonyl (C=O) groups is 2. The highest BCUT2D eigenvalue weighted by atomic mass is 32.2. The molecule has 0 bridgehead atoms. The van der Waals surface area contributed by atoms with Crippen molar-refractivity contribution in [3.63, 3.8) is 0 Å². The SMILES string of the molecule is O=C(CSc1ccccc1C(=O)[O-])Nc1ccccc1. The number of carboxylic acid groups (broad SMARTS) is 1. The first-order valence-electron chi connectivity index (χ1n) is 5.95. The molecule has 0 fully saturated rings. The second-order valence-electron chi connectivity index (χ2n) is 3.99. The zero-order valence-corrected chi connectivity index (χ0v) is 11.4. The molecule has 0 aliphatic carbocycles. The van der Waals surface area contributed by atoms with Crippen LogP contribution in [0.4, 0.5) is 5.69 Å². The van der Waals surface area contributed by atoms with Gasteiger partial charge >= 0.3 is 0 Å². The first kappa shape index (κ1) is 14.1. The van der Waals surface area contributed by atoms with Crippen LogP contribution in [0.1, 0.15) is 10.4 Å². The van der Waals surface area contributed by atoms with Gasteiger partial charge in [-0.3, -0.25) is 4.79 Å². The maximum atomic E-state index is 11.8. The zero-order chi connectivity index (χ0) is 14.4. The van der Waals surface area contributed by atoms with Gasteiger partial charge in [0.1, 0.15) is 0 Å². The molecule has 0 heterocycles. The molecular weight excluding hydrogens is 274 g/mol. The molecule has 2 aromatic carbocycles. The predicted molar refractivity (Wildman–Crippen MR) is 76.6 cm³/mol. The molecule has 0 radical (unpaired) electrons. The summed E-state index contributed by atoms with van der Waals surface area (Å²) in [7, 11) is 0. The van der Waals surface area contributed by atoms with Crippen LogP contribution in [0.5, 0.6) is 0 Å². The first-order chi connectivity index (χ1) is 9.66. The Labute approximate surface area is 120 Å². The van der Waals surface area contributed by atoms with E-state index in [0.717, 1.165) is 0 Å². The van der Waals surface area contributed by atoms with Gasteiger partial charge in [0.25, 0.3) is 0 Å². The molecule has 0 saturated heterocycles. The molecule has 102 valence electrons. The van der Waals surface area contributed by atoms with Crippen LogP contribution >= 0.6 is 11.8 Å². The molecule has 0 aliphatic rings. The van der Waals surface area contributed by atoms with Gasteiger partial charge in [-0.1, -0.05) is 36.4 Å². The van der Waals surface area contributed by atoms with Crippen molar-refractivity contribution < 1.29 is 14.7 Å². The maximum absolute atomic E-state index is 11.8. The van der Waals surface area contributed by atoms with E-state index in [2.05, 4.69) is 5.32 Å². The highest BCUT2D eigenvalue weighted by molar-refractivity contribution is 8.00. The Morgan fingerprint density at radius 2 is 1.65 bits per heavy atom. The molecule has 5 heteroatoms. The van der Waals surface area contributed by atoms with Gasteiger partial charge in [0, 0.05) is 16.1 Å². The lowest BCUT2D eigenvalue weighted by Gasteiger charge is -2.09. The maximum Gasteiger partial charge on any atom is 0.234 e. The van der Waals surface area contributed by atoms with Gasteiger partial charge in [-0.15, -0.1) is 11.8 Å². The quantitative estimate of drug-likeness (QED) is 0.851. The smallest absolute Gasteiger partial charge is 0.234 e. The average Bonchev–Trinajstić information content (AvgIpc) is 2.46. The van der Waals surface area contributed by atoms with Crippen LogP contribution in [0.15, 0.2) is 59.5 Å². The minimum Gasteiger partial charge on any atom is -0.545 e. The minimum atomic E-state index is -1.24. The second kappa shape index (κ2) is 6.77. The Bertz CT molecular complexity index is 614. The summed E-state index contributed by atoms with van der Waals surface area (Å²) in [5.74, 6) is -1.29. The van der Waals surface area contributed by atoms with Crippen molar-refractivity contribution in [1.29, 1.82) is 0 Å². The van der Waals surface area contributed by atoms with Crippen LogP contribution in [-0.4, -0.2) is 17.6 Å². The van der Waals surface area contributed by atoms with E-state index >= 15 is 0 Å². The molecule has 0 spiro atoms. The van der Waals surface area contributed by atoms with E-state index in [1.165, 1.54) is 17.8 Å². The minimum absolute atomic E-state index is 0.102. The second-order valence-corrected chi connectivity index (χ2v) is 5.00. The Hall–Kier alpha value is -2.27. The summed E-state index contributed by atoms with van der Waals surface area (Å²) in [6, 6.07) is 15.6. The summed E-state index contributed by atoms with van der Waals surface area (Å²) < 4.78 is 0. The van der Waals surface area contributed by atoms with Gasteiger partial charge in [0.15, 0.2) is 0 Å². The molecule has 0 saturated carbocycles. The summed E-state index contributed by atoms with van der Waals surface area (Å²) in [6.45, 7) is 0. The predicted octanol–water partition coefficient (Wildman–Crippen LogP) is 1.78. The lowest BCUT2D eigenvalue weighted by atomic mass is 10.2. The Morgan fingerprint density at radius 1 is 1.00 bits per heavy atom. The zero-order valence-electron chi connectivity index (χ0n) is 10.5. The van der Waals surface area contributed by atoms with Crippen molar-refractivity contribution in [1.82, 2.24) is 0 Å². The van der Waals surface area contributed by atoms with Gasteiger partial charge in [-0.25, -0.2) is 0 Å². The fourth-order valence-corrected chi connectivity index (χ4v) is 2.46. The third-order valence-electron chi connectivity index (χ3n) is 2.52. The Balaban J connectivity index is 1.96. The van der Waals surface area contributed by atoms with Crippen molar-refractivity contribution in [2.24, 2.45) is 0 Å². The monoisotopic (exact) mass is 286 g/mol. The molecule has 4 nitrogen and oxygen atoms in total. The van der Waals surface area contributed by atoms with Crippen LogP contribution in [-0.2, 0) is 4.79 Å². The summed E-state index contributed by atoms with van der Waals surface area (Å²) in [4.78, 5) is 23.2. The Morgan fingerprint density at radius 3 is 2.35 bits per heavy atom. The molecule has 0 unspecified atom stereocenters.